The van der Waals surface area contributed by atoms with Crippen LogP contribution in [0.2, 0.25) is 0 Å². The lowest BCUT2D eigenvalue weighted by atomic mass is 10.1. The average Bonchev–Trinajstić information content (AvgIpc) is 3.28. The first kappa shape index (κ1) is 15.0. The number of aromatic nitrogens is 1. The van der Waals surface area contributed by atoms with Crippen molar-refractivity contribution in [3.8, 4) is 0 Å². The van der Waals surface area contributed by atoms with Crippen LogP contribution in [0.4, 0.5) is 0 Å². The largest absolute Gasteiger partial charge is 0.342 e. The minimum atomic E-state index is -0.206. The molecule has 0 N–H and O–H groups in total. The highest BCUT2D eigenvalue weighted by Crippen LogP contribution is 2.32. The van der Waals surface area contributed by atoms with Crippen LogP contribution in [0, 0.1) is 11.8 Å². The normalized spacial score (nSPS) is 22.7. The zero-order valence-corrected chi connectivity index (χ0v) is 13.2. The quantitative estimate of drug-likeness (QED) is 0.834. The number of rotatable bonds is 5. The molecule has 0 radical (unpaired) electrons. The van der Waals surface area contributed by atoms with Gasteiger partial charge in [0.15, 0.2) is 0 Å². The molecule has 3 rings (SSSR count). The second-order valence-electron chi connectivity index (χ2n) is 6.52. The van der Waals surface area contributed by atoms with E-state index in [2.05, 4.69) is 4.98 Å². The van der Waals surface area contributed by atoms with Gasteiger partial charge in [0.05, 0.1) is 17.7 Å². The summed E-state index contributed by atoms with van der Waals surface area (Å²) in [5.74, 6) is 0.638. The molecule has 0 aromatic carbocycles. The van der Waals surface area contributed by atoms with Crippen molar-refractivity contribution < 1.29 is 9.59 Å². The highest BCUT2D eigenvalue weighted by molar-refractivity contribution is 5.89. The molecule has 1 saturated heterocycles. The Labute approximate surface area is 131 Å². The number of nitrogens with zero attached hydrogens (tertiary/aromatic N) is 3. The molecular formula is C17H23N3O2. The number of likely N-dealkylation sites (tertiary alicyclic amines) is 1. The van der Waals surface area contributed by atoms with Gasteiger partial charge in [-0.3, -0.25) is 14.6 Å². The minimum absolute atomic E-state index is 0.0461. The van der Waals surface area contributed by atoms with Gasteiger partial charge in [-0.2, -0.15) is 0 Å². The minimum Gasteiger partial charge on any atom is -0.342 e. The predicted molar refractivity (Wildman–Crippen MR) is 82.8 cm³/mol. The summed E-state index contributed by atoms with van der Waals surface area (Å²) in [4.78, 5) is 32.6. The van der Waals surface area contributed by atoms with Crippen molar-refractivity contribution in [2.45, 2.75) is 32.2 Å². The van der Waals surface area contributed by atoms with E-state index in [1.165, 1.54) is 12.8 Å². The molecule has 5 heteroatoms. The number of carbonyl (C=O) groups excluding carboxylic acids is 2. The Kier molecular flexibility index (Phi) is 4.14. The lowest BCUT2D eigenvalue weighted by Crippen LogP contribution is -2.36. The Morgan fingerprint density at radius 3 is 2.86 bits per heavy atom. The molecule has 2 fully saturated rings. The zero-order valence-electron chi connectivity index (χ0n) is 13.2. The Bertz CT molecular complexity index is 556. The van der Waals surface area contributed by atoms with Crippen molar-refractivity contribution in [1.29, 1.82) is 0 Å². The molecule has 1 aromatic rings. The topological polar surface area (TPSA) is 53.5 Å². The molecule has 1 aliphatic carbocycles. The van der Waals surface area contributed by atoms with Crippen molar-refractivity contribution >= 4 is 11.8 Å². The second-order valence-corrected chi connectivity index (χ2v) is 6.52. The van der Waals surface area contributed by atoms with Crippen LogP contribution in [-0.2, 0) is 9.59 Å². The Hall–Kier alpha value is -1.91. The van der Waals surface area contributed by atoms with Crippen LogP contribution in [0.3, 0.4) is 0 Å². The molecule has 0 unspecified atom stereocenters. The summed E-state index contributed by atoms with van der Waals surface area (Å²) < 4.78 is 0. The van der Waals surface area contributed by atoms with Crippen molar-refractivity contribution in [2.75, 3.05) is 20.1 Å². The lowest BCUT2D eigenvalue weighted by Gasteiger charge is -2.27. The number of carbonyl (C=O) groups is 2. The summed E-state index contributed by atoms with van der Waals surface area (Å²) in [7, 11) is 1.80. The molecule has 2 atom stereocenters. The maximum Gasteiger partial charge on any atom is 0.228 e. The van der Waals surface area contributed by atoms with Crippen LogP contribution in [0.25, 0.3) is 0 Å². The fraction of sp³-hybridized carbons (Fsp3) is 0.588. The SMILES string of the molecule is C[C@@H](c1ccccn1)N(C)C(=O)[C@@H]1CC(=O)N(CC2CC2)C1. The Balaban J connectivity index is 1.62. The molecule has 0 spiro atoms. The summed E-state index contributed by atoms with van der Waals surface area (Å²) in [5.41, 5.74) is 0.873. The standard InChI is InChI=1S/C17H23N3O2/c1-12(15-5-3-4-8-18-15)19(2)17(22)14-9-16(21)20(11-14)10-13-6-7-13/h3-5,8,12-14H,6-7,9-11H2,1-2H3/t12-,14+/m0/s1. The van der Waals surface area contributed by atoms with Gasteiger partial charge in [-0.05, 0) is 37.8 Å². The molecule has 1 aromatic heterocycles. The monoisotopic (exact) mass is 301 g/mol. The highest BCUT2D eigenvalue weighted by atomic mass is 16.2. The van der Waals surface area contributed by atoms with Gasteiger partial charge in [0.2, 0.25) is 11.8 Å². The van der Waals surface area contributed by atoms with E-state index >= 15 is 0 Å². The van der Waals surface area contributed by atoms with Crippen LogP contribution in [0.5, 0.6) is 0 Å². The van der Waals surface area contributed by atoms with Crippen molar-refractivity contribution in [3.63, 3.8) is 0 Å². The zero-order chi connectivity index (χ0) is 15.7. The smallest absolute Gasteiger partial charge is 0.228 e. The number of hydrogen-bond donors (Lipinski definition) is 0. The molecule has 118 valence electrons. The molecule has 0 bridgehead atoms. The van der Waals surface area contributed by atoms with E-state index in [9.17, 15) is 9.59 Å². The van der Waals surface area contributed by atoms with Crippen molar-refractivity contribution in [1.82, 2.24) is 14.8 Å². The maximum atomic E-state index is 12.7. The third kappa shape index (κ3) is 3.13. The van der Waals surface area contributed by atoms with E-state index in [0.29, 0.717) is 18.9 Å². The van der Waals surface area contributed by atoms with Crippen LogP contribution >= 0.6 is 0 Å². The first-order chi connectivity index (χ1) is 10.6. The third-order valence-corrected chi connectivity index (χ3v) is 4.78. The molecular weight excluding hydrogens is 278 g/mol. The van der Waals surface area contributed by atoms with E-state index in [1.54, 1.807) is 18.1 Å². The van der Waals surface area contributed by atoms with Crippen molar-refractivity contribution in [3.05, 3.63) is 30.1 Å². The highest BCUT2D eigenvalue weighted by Gasteiger charge is 2.38. The number of amides is 2. The first-order valence-electron chi connectivity index (χ1n) is 8.01. The van der Waals surface area contributed by atoms with Gasteiger partial charge >= 0.3 is 0 Å². The fourth-order valence-corrected chi connectivity index (χ4v) is 3.03. The van der Waals surface area contributed by atoms with Gasteiger partial charge in [-0.1, -0.05) is 6.07 Å². The van der Waals surface area contributed by atoms with Gasteiger partial charge in [0.25, 0.3) is 0 Å². The van der Waals surface area contributed by atoms with E-state index in [-0.39, 0.29) is 23.8 Å². The van der Waals surface area contributed by atoms with Crippen LogP contribution in [-0.4, -0.2) is 46.7 Å². The lowest BCUT2D eigenvalue weighted by molar-refractivity contribution is -0.136. The first-order valence-corrected chi connectivity index (χ1v) is 8.01. The van der Waals surface area contributed by atoms with E-state index in [4.69, 9.17) is 0 Å². The van der Waals surface area contributed by atoms with E-state index in [1.807, 2.05) is 30.0 Å². The van der Waals surface area contributed by atoms with Gasteiger partial charge in [0.1, 0.15) is 0 Å². The van der Waals surface area contributed by atoms with Gasteiger partial charge in [-0.15, -0.1) is 0 Å². The fourth-order valence-electron chi connectivity index (χ4n) is 3.03. The molecule has 1 aliphatic heterocycles. The average molecular weight is 301 g/mol. The van der Waals surface area contributed by atoms with E-state index < -0.39 is 0 Å². The molecule has 5 nitrogen and oxygen atoms in total. The Morgan fingerprint density at radius 2 is 2.23 bits per heavy atom. The summed E-state index contributed by atoms with van der Waals surface area (Å²) in [6.45, 7) is 3.38. The number of hydrogen-bond acceptors (Lipinski definition) is 3. The summed E-state index contributed by atoms with van der Waals surface area (Å²) in [5, 5.41) is 0. The molecule has 2 heterocycles. The second kappa shape index (κ2) is 6.07. The number of pyridine rings is 1. The van der Waals surface area contributed by atoms with Crippen molar-refractivity contribution in [2.24, 2.45) is 11.8 Å². The molecule has 2 amide bonds. The molecule has 1 saturated carbocycles. The van der Waals surface area contributed by atoms with Crippen LogP contribution in [0.15, 0.2) is 24.4 Å². The summed E-state index contributed by atoms with van der Waals surface area (Å²) in [6, 6.07) is 5.63. The molecule has 22 heavy (non-hydrogen) atoms. The van der Waals surface area contributed by atoms with Gasteiger partial charge in [-0.25, -0.2) is 0 Å². The summed E-state index contributed by atoms with van der Waals surface area (Å²) >= 11 is 0. The molecule has 2 aliphatic rings. The predicted octanol–water partition coefficient (Wildman–Crippen LogP) is 1.86. The van der Waals surface area contributed by atoms with Crippen LogP contribution < -0.4 is 0 Å². The Morgan fingerprint density at radius 1 is 1.45 bits per heavy atom. The van der Waals surface area contributed by atoms with Gasteiger partial charge in [0, 0.05) is 32.8 Å². The van der Waals surface area contributed by atoms with Crippen LogP contribution in [0.1, 0.15) is 37.9 Å². The third-order valence-electron chi connectivity index (χ3n) is 4.78. The van der Waals surface area contributed by atoms with Gasteiger partial charge < -0.3 is 9.80 Å². The maximum absolute atomic E-state index is 12.7. The summed E-state index contributed by atoms with van der Waals surface area (Å²) in [6.07, 6.45) is 4.53. The van der Waals surface area contributed by atoms with E-state index in [0.717, 1.165) is 12.2 Å².